The molecule has 1 atom stereocenters. The second-order valence-electron chi connectivity index (χ2n) is 4.81. The first kappa shape index (κ1) is 16.9. The highest BCUT2D eigenvalue weighted by atomic mass is 16.5. The molecule has 0 saturated carbocycles. The second-order valence-corrected chi connectivity index (χ2v) is 4.81. The number of hydrogen-bond acceptors (Lipinski definition) is 3. The molecule has 3 heteroatoms. The van der Waals surface area contributed by atoms with Gasteiger partial charge in [-0.1, -0.05) is 20.8 Å². The molecule has 0 heterocycles. The van der Waals surface area contributed by atoms with Gasteiger partial charge in [0.15, 0.2) is 0 Å². The summed E-state index contributed by atoms with van der Waals surface area (Å²) in [6, 6.07) is 1.25. The Morgan fingerprint density at radius 1 is 1.18 bits per heavy atom. The van der Waals surface area contributed by atoms with Crippen LogP contribution in [0.15, 0.2) is 0 Å². The standard InChI is InChI=1S/C14H32N2O/c1-6-9-15-13(4)12-16(10-11-17-5)14(7-2)8-3/h13-15H,6-12H2,1-5H3. The van der Waals surface area contributed by atoms with E-state index in [1.54, 1.807) is 7.11 Å². The van der Waals surface area contributed by atoms with Crippen LogP contribution in [-0.4, -0.2) is 50.3 Å². The van der Waals surface area contributed by atoms with E-state index in [1.165, 1.54) is 19.3 Å². The van der Waals surface area contributed by atoms with Gasteiger partial charge in [-0.05, 0) is 32.7 Å². The minimum absolute atomic E-state index is 0.562. The van der Waals surface area contributed by atoms with Gasteiger partial charge in [0.25, 0.3) is 0 Å². The molecule has 0 aromatic rings. The smallest absolute Gasteiger partial charge is 0.0589 e. The lowest BCUT2D eigenvalue weighted by atomic mass is 10.1. The molecule has 0 rings (SSSR count). The van der Waals surface area contributed by atoms with E-state index in [-0.39, 0.29) is 0 Å². The lowest BCUT2D eigenvalue weighted by Crippen LogP contribution is -2.45. The lowest BCUT2D eigenvalue weighted by Gasteiger charge is -2.32. The zero-order chi connectivity index (χ0) is 13.1. The molecule has 0 fully saturated rings. The van der Waals surface area contributed by atoms with E-state index in [0.29, 0.717) is 12.1 Å². The Morgan fingerprint density at radius 3 is 2.29 bits per heavy atom. The SMILES string of the molecule is CCCNC(C)CN(CCOC)C(CC)CC. The minimum atomic E-state index is 0.562. The van der Waals surface area contributed by atoms with Crippen molar-refractivity contribution in [1.29, 1.82) is 0 Å². The zero-order valence-corrected chi connectivity index (χ0v) is 12.5. The summed E-state index contributed by atoms with van der Waals surface area (Å²) in [7, 11) is 1.78. The molecule has 0 saturated heterocycles. The molecule has 0 spiro atoms. The van der Waals surface area contributed by atoms with E-state index in [4.69, 9.17) is 4.74 Å². The molecule has 0 aromatic carbocycles. The predicted octanol–water partition coefficient (Wildman–Crippen LogP) is 2.51. The van der Waals surface area contributed by atoms with Crippen molar-refractivity contribution in [2.75, 3.05) is 33.4 Å². The third kappa shape index (κ3) is 7.74. The second kappa shape index (κ2) is 11.0. The van der Waals surface area contributed by atoms with E-state index < -0.39 is 0 Å². The van der Waals surface area contributed by atoms with Crippen LogP contribution in [-0.2, 0) is 4.74 Å². The summed E-state index contributed by atoms with van der Waals surface area (Å²) in [4.78, 5) is 2.57. The average Bonchev–Trinajstić information content (AvgIpc) is 2.34. The monoisotopic (exact) mass is 244 g/mol. The van der Waals surface area contributed by atoms with Crippen molar-refractivity contribution >= 4 is 0 Å². The lowest BCUT2D eigenvalue weighted by molar-refractivity contribution is 0.108. The van der Waals surface area contributed by atoms with E-state index in [2.05, 4.69) is 37.9 Å². The van der Waals surface area contributed by atoms with Crippen LogP contribution in [0.1, 0.15) is 47.0 Å². The average molecular weight is 244 g/mol. The maximum absolute atomic E-state index is 5.21. The van der Waals surface area contributed by atoms with Crippen LogP contribution in [0, 0.1) is 0 Å². The highest BCUT2D eigenvalue weighted by Crippen LogP contribution is 2.09. The third-order valence-corrected chi connectivity index (χ3v) is 3.29. The molecular weight excluding hydrogens is 212 g/mol. The molecule has 1 N–H and O–H groups in total. The molecule has 1 unspecified atom stereocenters. The molecule has 0 aliphatic heterocycles. The summed E-state index contributed by atoms with van der Waals surface area (Å²) < 4.78 is 5.21. The largest absolute Gasteiger partial charge is 0.383 e. The zero-order valence-electron chi connectivity index (χ0n) is 12.5. The van der Waals surface area contributed by atoms with Crippen molar-refractivity contribution in [3.63, 3.8) is 0 Å². The summed E-state index contributed by atoms with van der Waals surface area (Å²) in [5, 5.41) is 3.56. The molecule has 0 aliphatic rings. The van der Waals surface area contributed by atoms with Crippen molar-refractivity contribution < 1.29 is 4.74 Å². The Balaban J connectivity index is 4.15. The fourth-order valence-corrected chi connectivity index (χ4v) is 2.24. The third-order valence-electron chi connectivity index (χ3n) is 3.29. The Morgan fingerprint density at radius 2 is 1.82 bits per heavy atom. The molecule has 0 aliphatic carbocycles. The summed E-state index contributed by atoms with van der Waals surface area (Å²) in [6.45, 7) is 13.1. The number of ether oxygens (including phenoxy) is 1. The number of nitrogens with zero attached hydrogens (tertiary/aromatic N) is 1. The van der Waals surface area contributed by atoms with Crippen LogP contribution in [0.3, 0.4) is 0 Å². The van der Waals surface area contributed by atoms with Crippen molar-refractivity contribution in [1.82, 2.24) is 10.2 Å². The van der Waals surface area contributed by atoms with Crippen LogP contribution in [0.25, 0.3) is 0 Å². The van der Waals surface area contributed by atoms with Gasteiger partial charge in [0.1, 0.15) is 0 Å². The van der Waals surface area contributed by atoms with Gasteiger partial charge >= 0.3 is 0 Å². The summed E-state index contributed by atoms with van der Waals surface area (Å²) in [6.07, 6.45) is 3.65. The highest BCUT2D eigenvalue weighted by molar-refractivity contribution is 4.74. The fraction of sp³-hybridized carbons (Fsp3) is 1.00. The summed E-state index contributed by atoms with van der Waals surface area (Å²) in [5.41, 5.74) is 0. The van der Waals surface area contributed by atoms with Crippen molar-refractivity contribution in [3.8, 4) is 0 Å². The quantitative estimate of drug-likeness (QED) is 0.604. The van der Waals surface area contributed by atoms with E-state index >= 15 is 0 Å². The Bertz CT molecular complexity index is 160. The molecule has 0 amide bonds. The van der Waals surface area contributed by atoms with Crippen LogP contribution < -0.4 is 5.32 Å². The molecule has 104 valence electrons. The number of rotatable bonds is 11. The maximum Gasteiger partial charge on any atom is 0.0589 e. The van der Waals surface area contributed by atoms with Gasteiger partial charge < -0.3 is 10.1 Å². The van der Waals surface area contributed by atoms with Gasteiger partial charge in [-0.15, -0.1) is 0 Å². The molecule has 0 bridgehead atoms. The molecule has 17 heavy (non-hydrogen) atoms. The first-order valence-corrected chi connectivity index (χ1v) is 7.15. The van der Waals surface area contributed by atoms with Gasteiger partial charge in [0.05, 0.1) is 6.61 Å². The molecule has 0 aromatic heterocycles. The van der Waals surface area contributed by atoms with Gasteiger partial charge in [-0.25, -0.2) is 0 Å². The van der Waals surface area contributed by atoms with Gasteiger partial charge in [0, 0.05) is 32.3 Å². The predicted molar refractivity (Wildman–Crippen MR) is 75.6 cm³/mol. The van der Waals surface area contributed by atoms with Crippen LogP contribution in [0.2, 0.25) is 0 Å². The maximum atomic E-state index is 5.21. The van der Waals surface area contributed by atoms with E-state index in [1.807, 2.05) is 0 Å². The topological polar surface area (TPSA) is 24.5 Å². The Labute approximate surface area is 108 Å². The van der Waals surface area contributed by atoms with Crippen LogP contribution >= 0.6 is 0 Å². The first-order chi connectivity index (χ1) is 8.19. The van der Waals surface area contributed by atoms with Crippen LogP contribution in [0.4, 0.5) is 0 Å². The summed E-state index contributed by atoms with van der Waals surface area (Å²) in [5.74, 6) is 0. The van der Waals surface area contributed by atoms with Gasteiger partial charge in [0.2, 0.25) is 0 Å². The van der Waals surface area contributed by atoms with Crippen LogP contribution in [0.5, 0.6) is 0 Å². The van der Waals surface area contributed by atoms with Crippen molar-refractivity contribution in [2.24, 2.45) is 0 Å². The van der Waals surface area contributed by atoms with Gasteiger partial charge in [-0.2, -0.15) is 0 Å². The molecule has 3 nitrogen and oxygen atoms in total. The van der Waals surface area contributed by atoms with Crippen molar-refractivity contribution in [3.05, 3.63) is 0 Å². The highest BCUT2D eigenvalue weighted by Gasteiger charge is 2.16. The molecule has 0 radical (unpaired) electrons. The first-order valence-electron chi connectivity index (χ1n) is 7.15. The number of methoxy groups -OCH3 is 1. The normalized spacial score (nSPS) is 13.6. The Hall–Kier alpha value is -0.120. The fourth-order valence-electron chi connectivity index (χ4n) is 2.24. The molecular formula is C14H32N2O. The number of nitrogens with one attached hydrogen (secondary N) is 1. The van der Waals surface area contributed by atoms with Gasteiger partial charge in [-0.3, -0.25) is 4.90 Å². The number of hydrogen-bond donors (Lipinski definition) is 1. The Kier molecular flexibility index (Phi) is 10.9. The van der Waals surface area contributed by atoms with E-state index in [9.17, 15) is 0 Å². The van der Waals surface area contributed by atoms with E-state index in [0.717, 1.165) is 26.2 Å². The summed E-state index contributed by atoms with van der Waals surface area (Å²) >= 11 is 0. The van der Waals surface area contributed by atoms with Crippen molar-refractivity contribution in [2.45, 2.75) is 59.0 Å². The minimum Gasteiger partial charge on any atom is -0.383 e.